The molecule has 0 radical (unpaired) electrons. The maximum absolute atomic E-state index is 13.0. The number of amides is 1. The summed E-state index contributed by atoms with van der Waals surface area (Å²) in [5, 5.41) is 0. The van der Waals surface area contributed by atoms with E-state index in [2.05, 4.69) is 6.92 Å². The molecule has 1 fully saturated rings. The maximum atomic E-state index is 13.0. The second-order valence-electron chi connectivity index (χ2n) is 6.99. The van der Waals surface area contributed by atoms with E-state index in [4.69, 9.17) is 4.18 Å². The first-order chi connectivity index (χ1) is 13.4. The molecule has 2 aromatic carbocycles. The lowest BCUT2D eigenvalue weighted by molar-refractivity contribution is -0.132. The minimum Gasteiger partial charge on any atom is -0.379 e. The fourth-order valence-electron chi connectivity index (χ4n) is 2.90. The fraction of sp³-hybridized carbons (Fsp3) is 0.381. The molecule has 0 heterocycles. The standard InChI is InChI=1S/C21H24FNO4S/c1-2-3-4-21(24)23(18-9-10-18)15-16-5-11-19(12-6-16)27-28(25,26)20-13-7-17(22)8-14-20/h5-8,11-14,18H,2-4,9-10,15H2,1H3. The van der Waals surface area contributed by atoms with Crippen molar-refractivity contribution >= 4 is 16.0 Å². The van der Waals surface area contributed by atoms with Crippen LogP contribution in [0.5, 0.6) is 5.75 Å². The summed E-state index contributed by atoms with van der Waals surface area (Å²) in [6.45, 7) is 2.58. The largest absolute Gasteiger partial charge is 0.379 e. The van der Waals surface area contributed by atoms with E-state index in [9.17, 15) is 17.6 Å². The first-order valence-electron chi connectivity index (χ1n) is 9.47. The molecule has 3 rings (SSSR count). The third-order valence-electron chi connectivity index (χ3n) is 4.64. The van der Waals surface area contributed by atoms with Crippen LogP contribution in [0, 0.1) is 5.82 Å². The number of rotatable bonds is 9. The van der Waals surface area contributed by atoms with Crippen molar-refractivity contribution in [1.82, 2.24) is 4.90 Å². The molecular weight excluding hydrogens is 381 g/mol. The van der Waals surface area contributed by atoms with Crippen molar-refractivity contribution in [3.63, 3.8) is 0 Å². The van der Waals surface area contributed by atoms with Gasteiger partial charge in [-0.2, -0.15) is 8.42 Å². The van der Waals surface area contributed by atoms with Gasteiger partial charge in [-0.15, -0.1) is 0 Å². The molecular formula is C21H24FNO4S. The van der Waals surface area contributed by atoms with E-state index in [1.54, 1.807) is 24.3 Å². The number of halogens is 1. The predicted molar refractivity (Wildman–Crippen MR) is 104 cm³/mol. The number of carbonyl (C=O) groups is 1. The molecule has 1 saturated carbocycles. The molecule has 150 valence electrons. The van der Waals surface area contributed by atoms with Crippen LogP contribution in [0.1, 0.15) is 44.6 Å². The Labute approximate surface area is 165 Å². The van der Waals surface area contributed by atoms with Crippen LogP contribution in [-0.4, -0.2) is 25.3 Å². The Bertz CT molecular complexity index is 906. The van der Waals surface area contributed by atoms with Crippen LogP contribution in [0.3, 0.4) is 0 Å². The van der Waals surface area contributed by atoms with E-state index in [1.165, 1.54) is 0 Å². The van der Waals surface area contributed by atoms with Crippen molar-refractivity contribution < 1.29 is 21.8 Å². The summed E-state index contributed by atoms with van der Waals surface area (Å²) < 4.78 is 42.6. The van der Waals surface area contributed by atoms with E-state index in [1.807, 2.05) is 4.90 Å². The van der Waals surface area contributed by atoms with Crippen LogP contribution < -0.4 is 4.18 Å². The van der Waals surface area contributed by atoms with Crippen molar-refractivity contribution in [2.45, 2.75) is 56.5 Å². The number of hydrogen-bond donors (Lipinski definition) is 0. The molecule has 0 saturated heterocycles. The Balaban J connectivity index is 1.65. The lowest BCUT2D eigenvalue weighted by atomic mass is 10.1. The van der Waals surface area contributed by atoms with Gasteiger partial charge in [-0.1, -0.05) is 25.5 Å². The Hall–Kier alpha value is -2.41. The highest BCUT2D eigenvalue weighted by Crippen LogP contribution is 2.30. The molecule has 0 bridgehead atoms. The quantitative estimate of drug-likeness (QED) is 0.585. The Morgan fingerprint density at radius 2 is 1.75 bits per heavy atom. The van der Waals surface area contributed by atoms with E-state index < -0.39 is 15.9 Å². The third kappa shape index (κ3) is 5.32. The number of benzene rings is 2. The molecule has 2 aromatic rings. The van der Waals surface area contributed by atoms with Crippen LogP contribution >= 0.6 is 0 Å². The highest BCUT2D eigenvalue weighted by atomic mass is 32.2. The average molecular weight is 405 g/mol. The molecule has 0 spiro atoms. The summed E-state index contributed by atoms with van der Waals surface area (Å²) in [5.41, 5.74) is 0.920. The van der Waals surface area contributed by atoms with Gasteiger partial charge in [0.05, 0.1) is 0 Å². The van der Waals surface area contributed by atoms with Gasteiger partial charge in [0.2, 0.25) is 5.91 Å². The Kier molecular flexibility index (Phi) is 6.34. The van der Waals surface area contributed by atoms with Crippen molar-refractivity contribution in [2.75, 3.05) is 0 Å². The molecule has 28 heavy (non-hydrogen) atoms. The highest BCUT2D eigenvalue weighted by Gasteiger charge is 2.32. The van der Waals surface area contributed by atoms with Crippen molar-refractivity contribution in [3.8, 4) is 5.75 Å². The van der Waals surface area contributed by atoms with Gasteiger partial charge in [0.25, 0.3) is 0 Å². The van der Waals surface area contributed by atoms with Crippen molar-refractivity contribution in [3.05, 3.63) is 59.9 Å². The topological polar surface area (TPSA) is 63.7 Å². The zero-order valence-electron chi connectivity index (χ0n) is 15.8. The first kappa shape index (κ1) is 20.3. The van der Waals surface area contributed by atoms with Crippen molar-refractivity contribution in [1.29, 1.82) is 0 Å². The Morgan fingerprint density at radius 3 is 2.32 bits per heavy atom. The molecule has 0 unspecified atom stereocenters. The van der Waals surface area contributed by atoms with E-state index in [0.717, 1.165) is 55.5 Å². The summed E-state index contributed by atoms with van der Waals surface area (Å²) in [4.78, 5) is 14.2. The molecule has 0 aromatic heterocycles. The van der Waals surface area contributed by atoms with Crippen LogP contribution in [-0.2, 0) is 21.5 Å². The van der Waals surface area contributed by atoms with E-state index in [-0.39, 0.29) is 16.6 Å². The van der Waals surface area contributed by atoms with Gasteiger partial charge in [-0.3, -0.25) is 4.79 Å². The molecule has 0 atom stereocenters. The van der Waals surface area contributed by atoms with Crippen LogP contribution in [0.15, 0.2) is 53.4 Å². The molecule has 1 aliphatic rings. The minimum absolute atomic E-state index is 0.112. The predicted octanol–water partition coefficient (Wildman–Crippen LogP) is 4.27. The van der Waals surface area contributed by atoms with Gasteiger partial charge in [0, 0.05) is 19.0 Å². The van der Waals surface area contributed by atoms with Crippen LogP contribution in [0.2, 0.25) is 0 Å². The summed E-state index contributed by atoms with van der Waals surface area (Å²) in [6, 6.07) is 11.4. The van der Waals surface area contributed by atoms with Gasteiger partial charge in [0.1, 0.15) is 16.5 Å². The smallest absolute Gasteiger partial charge is 0.339 e. The summed E-state index contributed by atoms with van der Waals surface area (Å²) in [5.74, 6) is -0.177. The maximum Gasteiger partial charge on any atom is 0.339 e. The van der Waals surface area contributed by atoms with Gasteiger partial charge in [-0.05, 0) is 61.2 Å². The lowest BCUT2D eigenvalue weighted by Crippen LogP contribution is -2.32. The Morgan fingerprint density at radius 1 is 1.11 bits per heavy atom. The average Bonchev–Trinajstić information content (AvgIpc) is 3.50. The zero-order valence-corrected chi connectivity index (χ0v) is 16.6. The number of hydrogen-bond acceptors (Lipinski definition) is 4. The molecule has 5 nitrogen and oxygen atoms in total. The SMILES string of the molecule is CCCCC(=O)N(Cc1ccc(OS(=O)(=O)c2ccc(F)cc2)cc1)C1CC1. The van der Waals surface area contributed by atoms with E-state index >= 15 is 0 Å². The second kappa shape index (κ2) is 8.73. The summed E-state index contributed by atoms with van der Waals surface area (Å²) in [6.07, 6.45) is 4.50. The van der Waals surface area contributed by atoms with Gasteiger partial charge in [0.15, 0.2) is 0 Å². The lowest BCUT2D eigenvalue weighted by Gasteiger charge is -2.22. The number of unbranched alkanes of at least 4 members (excludes halogenated alkanes) is 1. The molecule has 0 N–H and O–H groups in total. The van der Waals surface area contributed by atoms with Gasteiger partial charge >= 0.3 is 10.1 Å². The summed E-state index contributed by atoms with van der Waals surface area (Å²) >= 11 is 0. The molecule has 0 aliphatic heterocycles. The zero-order chi connectivity index (χ0) is 20.1. The van der Waals surface area contributed by atoms with Crippen LogP contribution in [0.25, 0.3) is 0 Å². The highest BCUT2D eigenvalue weighted by molar-refractivity contribution is 7.87. The fourth-order valence-corrected chi connectivity index (χ4v) is 3.83. The number of nitrogens with zero attached hydrogens (tertiary/aromatic N) is 1. The normalized spacial score (nSPS) is 13.9. The van der Waals surface area contributed by atoms with Gasteiger partial charge < -0.3 is 9.08 Å². The molecule has 1 aliphatic carbocycles. The van der Waals surface area contributed by atoms with Crippen LogP contribution in [0.4, 0.5) is 4.39 Å². The van der Waals surface area contributed by atoms with E-state index in [0.29, 0.717) is 19.0 Å². The minimum atomic E-state index is -4.02. The molecule has 1 amide bonds. The first-order valence-corrected chi connectivity index (χ1v) is 10.9. The van der Waals surface area contributed by atoms with Gasteiger partial charge in [-0.25, -0.2) is 4.39 Å². The summed E-state index contributed by atoms with van der Waals surface area (Å²) in [7, 11) is -4.02. The number of carbonyl (C=O) groups excluding carboxylic acids is 1. The monoisotopic (exact) mass is 405 g/mol. The second-order valence-corrected chi connectivity index (χ2v) is 8.54. The van der Waals surface area contributed by atoms with Crippen molar-refractivity contribution in [2.24, 2.45) is 0 Å². The molecule has 7 heteroatoms. The third-order valence-corrected chi connectivity index (χ3v) is 5.90.